The fraction of sp³-hybridized carbons (Fsp3) is 0.375. The highest BCUT2D eigenvalue weighted by Crippen LogP contribution is 2.30. The molecule has 0 spiro atoms. The Morgan fingerprint density at radius 2 is 2.13 bits per heavy atom. The number of aryl methyl sites for hydroxylation is 1. The summed E-state index contributed by atoms with van der Waals surface area (Å²) in [6.07, 6.45) is -0.621. The molecule has 0 saturated carbocycles. The van der Waals surface area contributed by atoms with Gasteiger partial charge in [-0.3, -0.25) is 14.3 Å². The van der Waals surface area contributed by atoms with Crippen LogP contribution in [0.3, 0.4) is 0 Å². The van der Waals surface area contributed by atoms with Gasteiger partial charge in [0.2, 0.25) is 5.82 Å². The number of aromatic amines is 1. The lowest BCUT2D eigenvalue weighted by Gasteiger charge is -2.17. The first-order valence-corrected chi connectivity index (χ1v) is 7.34. The van der Waals surface area contributed by atoms with Crippen LogP contribution in [0, 0.1) is 12.7 Å². The molecule has 2 aromatic rings. The van der Waals surface area contributed by atoms with Crippen LogP contribution < -0.4 is 11.2 Å². The van der Waals surface area contributed by atoms with E-state index < -0.39 is 35.5 Å². The van der Waals surface area contributed by atoms with Crippen LogP contribution in [0.1, 0.15) is 23.8 Å². The quantitative estimate of drug-likeness (QED) is 0.879. The molecule has 3 atom stereocenters. The number of rotatable bonds is 3. The van der Waals surface area contributed by atoms with Gasteiger partial charge in [0.25, 0.3) is 5.56 Å². The molecule has 3 rings (SSSR count). The molecular formula is C16H17FN2O4. The minimum atomic E-state index is -1.07. The van der Waals surface area contributed by atoms with Crippen molar-refractivity contribution in [2.45, 2.75) is 38.2 Å². The Morgan fingerprint density at radius 3 is 2.87 bits per heavy atom. The van der Waals surface area contributed by atoms with E-state index >= 15 is 0 Å². The number of ether oxygens (including phenoxy) is 1. The Kier molecular flexibility index (Phi) is 4.14. The Hall–Kier alpha value is -2.25. The van der Waals surface area contributed by atoms with Crippen LogP contribution in [-0.4, -0.2) is 26.9 Å². The fourth-order valence-corrected chi connectivity index (χ4v) is 2.80. The molecule has 23 heavy (non-hydrogen) atoms. The number of hydrogen-bond acceptors (Lipinski definition) is 4. The molecule has 1 aliphatic heterocycles. The number of nitrogens with one attached hydrogen (secondary N) is 1. The van der Waals surface area contributed by atoms with Gasteiger partial charge in [0, 0.05) is 12.8 Å². The number of aromatic nitrogens is 2. The molecule has 2 N–H and O–H groups in total. The normalized spacial score (nSPS) is 24.0. The van der Waals surface area contributed by atoms with Crippen molar-refractivity contribution in [3.8, 4) is 0 Å². The zero-order valence-corrected chi connectivity index (χ0v) is 12.5. The molecule has 1 fully saturated rings. The van der Waals surface area contributed by atoms with E-state index in [1.165, 1.54) is 0 Å². The van der Waals surface area contributed by atoms with Gasteiger partial charge in [0.1, 0.15) is 6.23 Å². The Bertz CT molecular complexity index is 829. The van der Waals surface area contributed by atoms with E-state index in [0.29, 0.717) is 6.42 Å². The summed E-state index contributed by atoms with van der Waals surface area (Å²) in [6, 6.07) is 7.75. The van der Waals surface area contributed by atoms with Gasteiger partial charge in [0.15, 0.2) is 0 Å². The van der Waals surface area contributed by atoms with E-state index in [-0.39, 0.29) is 6.42 Å². The maximum absolute atomic E-state index is 13.4. The number of aliphatic hydroxyl groups is 1. The van der Waals surface area contributed by atoms with E-state index in [0.717, 1.165) is 21.9 Å². The molecule has 0 amide bonds. The van der Waals surface area contributed by atoms with Crippen LogP contribution in [0.5, 0.6) is 0 Å². The number of nitrogens with zero attached hydrogens (tertiary/aromatic N) is 1. The van der Waals surface area contributed by atoms with Crippen molar-refractivity contribution in [2.24, 2.45) is 0 Å². The lowest BCUT2D eigenvalue weighted by molar-refractivity contribution is -0.0201. The summed E-state index contributed by atoms with van der Waals surface area (Å²) < 4.78 is 20.1. The summed E-state index contributed by atoms with van der Waals surface area (Å²) in [6.45, 7) is 1.97. The van der Waals surface area contributed by atoms with Crippen LogP contribution in [0.2, 0.25) is 0 Å². The first kappa shape index (κ1) is 15.6. The molecule has 0 radical (unpaired) electrons. The van der Waals surface area contributed by atoms with E-state index in [9.17, 15) is 19.1 Å². The van der Waals surface area contributed by atoms with Gasteiger partial charge in [-0.2, -0.15) is 4.39 Å². The van der Waals surface area contributed by atoms with E-state index in [1.54, 1.807) is 0 Å². The highest BCUT2D eigenvalue weighted by Gasteiger charge is 2.35. The molecule has 1 aliphatic rings. The summed E-state index contributed by atoms with van der Waals surface area (Å²) >= 11 is 0. The number of H-pyrrole nitrogens is 1. The van der Waals surface area contributed by atoms with Crippen LogP contribution >= 0.6 is 0 Å². The zero-order valence-electron chi connectivity index (χ0n) is 12.5. The van der Waals surface area contributed by atoms with E-state index in [1.807, 2.05) is 36.2 Å². The van der Waals surface area contributed by atoms with Crippen molar-refractivity contribution < 1.29 is 14.2 Å². The van der Waals surface area contributed by atoms with Crippen molar-refractivity contribution in [1.29, 1.82) is 0 Å². The second-order valence-electron chi connectivity index (χ2n) is 5.71. The number of aliphatic hydroxyl groups excluding tert-OH is 1. The Balaban J connectivity index is 1.82. The third-order valence-electron chi connectivity index (χ3n) is 4.12. The summed E-state index contributed by atoms with van der Waals surface area (Å²) in [7, 11) is 0. The molecule has 1 aromatic heterocycles. The Labute approximate surface area is 131 Å². The maximum atomic E-state index is 13.4. The second-order valence-corrected chi connectivity index (χ2v) is 5.71. The highest BCUT2D eigenvalue weighted by molar-refractivity contribution is 5.26. The molecule has 1 saturated heterocycles. The van der Waals surface area contributed by atoms with Gasteiger partial charge in [-0.1, -0.05) is 24.3 Å². The predicted octanol–water partition coefficient (Wildman–Crippen LogP) is 0.875. The van der Waals surface area contributed by atoms with E-state index in [2.05, 4.69) is 0 Å². The third kappa shape index (κ3) is 3.11. The van der Waals surface area contributed by atoms with Gasteiger partial charge >= 0.3 is 5.69 Å². The molecule has 7 heteroatoms. The zero-order chi connectivity index (χ0) is 16.6. The van der Waals surface area contributed by atoms with Crippen LogP contribution in [-0.2, 0) is 11.2 Å². The van der Waals surface area contributed by atoms with Gasteiger partial charge in [-0.15, -0.1) is 0 Å². The predicted molar refractivity (Wildman–Crippen MR) is 80.7 cm³/mol. The molecule has 1 aromatic carbocycles. The number of benzene rings is 1. The van der Waals surface area contributed by atoms with Crippen molar-refractivity contribution in [3.05, 3.63) is 68.2 Å². The number of halogens is 1. The SMILES string of the molecule is Cc1ccccc1C[C@H]1O[C@@H](n2cc(F)c(=O)[nH]c2=O)C[C@@H]1O. The summed E-state index contributed by atoms with van der Waals surface area (Å²) in [5, 5.41) is 10.2. The van der Waals surface area contributed by atoms with Gasteiger partial charge in [0.05, 0.1) is 18.4 Å². The molecule has 0 unspecified atom stereocenters. The lowest BCUT2D eigenvalue weighted by Crippen LogP contribution is -2.34. The van der Waals surface area contributed by atoms with Crippen LogP contribution in [0.25, 0.3) is 0 Å². The second kappa shape index (κ2) is 6.10. The average molecular weight is 320 g/mol. The Morgan fingerprint density at radius 1 is 1.39 bits per heavy atom. The monoisotopic (exact) mass is 320 g/mol. The molecule has 6 nitrogen and oxygen atoms in total. The van der Waals surface area contributed by atoms with Crippen LogP contribution in [0.4, 0.5) is 4.39 Å². The molecule has 2 heterocycles. The van der Waals surface area contributed by atoms with E-state index in [4.69, 9.17) is 4.74 Å². The van der Waals surface area contributed by atoms with Crippen molar-refractivity contribution in [2.75, 3.05) is 0 Å². The number of hydrogen-bond donors (Lipinski definition) is 2. The topological polar surface area (TPSA) is 84.3 Å². The van der Waals surface area contributed by atoms with Gasteiger partial charge < -0.3 is 9.84 Å². The standard InChI is InChI=1S/C16H17FN2O4/c1-9-4-2-3-5-10(9)6-13-12(20)7-14(23-13)19-8-11(17)15(21)18-16(19)22/h2-5,8,12-14,20H,6-7H2,1H3,(H,18,21,22)/t12-,13+,14+/m0/s1. The van der Waals surface area contributed by atoms with Crippen molar-refractivity contribution in [3.63, 3.8) is 0 Å². The third-order valence-corrected chi connectivity index (χ3v) is 4.12. The molecule has 122 valence electrons. The maximum Gasteiger partial charge on any atom is 0.330 e. The first-order chi connectivity index (χ1) is 11.0. The molecular weight excluding hydrogens is 303 g/mol. The van der Waals surface area contributed by atoms with Crippen molar-refractivity contribution >= 4 is 0 Å². The fourth-order valence-electron chi connectivity index (χ4n) is 2.80. The first-order valence-electron chi connectivity index (χ1n) is 7.34. The van der Waals surface area contributed by atoms with Crippen LogP contribution in [0.15, 0.2) is 40.1 Å². The molecule has 0 bridgehead atoms. The summed E-state index contributed by atoms with van der Waals surface area (Å²) in [5.74, 6) is -1.06. The molecule has 0 aliphatic carbocycles. The minimum absolute atomic E-state index is 0.155. The summed E-state index contributed by atoms with van der Waals surface area (Å²) in [4.78, 5) is 24.8. The average Bonchev–Trinajstić information content (AvgIpc) is 2.86. The summed E-state index contributed by atoms with van der Waals surface area (Å²) in [5.41, 5.74) is 0.294. The lowest BCUT2D eigenvalue weighted by atomic mass is 10.00. The highest BCUT2D eigenvalue weighted by atomic mass is 19.1. The van der Waals surface area contributed by atoms with Gasteiger partial charge in [-0.05, 0) is 18.1 Å². The smallest absolute Gasteiger partial charge is 0.330 e. The largest absolute Gasteiger partial charge is 0.390 e. The van der Waals surface area contributed by atoms with Crippen molar-refractivity contribution in [1.82, 2.24) is 9.55 Å². The van der Waals surface area contributed by atoms with Gasteiger partial charge in [-0.25, -0.2) is 4.79 Å². The minimum Gasteiger partial charge on any atom is -0.390 e.